The fraction of sp³-hybridized carbons (Fsp3) is 0.333. The summed E-state index contributed by atoms with van der Waals surface area (Å²) in [6.07, 6.45) is 3.18. The zero-order valence-electron chi connectivity index (χ0n) is 19.6. The summed E-state index contributed by atoms with van der Waals surface area (Å²) in [7, 11) is 6.49. The summed E-state index contributed by atoms with van der Waals surface area (Å²) in [4.78, 5) is 22.6. The van der Waals surface area contributed by atoms with Gasteiger partial charge in [-0.25, -0.2) is 19.9 Å². The summed E-state index contributed by atoms with van der Waals surface area (Å²) in [6, 6.07) is 7.63. The second-order valence-electron chi connectivity index (χ2n) is 7.82. The molecule has 0 spiro atoms. The van der Waals surface area contributed by atoms with Crippen LogP contribution in [0.4, 0.5) is 11.6 Å². The van der Waals surface area contributed by atoms with E-state index in [2.05, 4.69) is 29.7 Å². The summed E-state index contributed by atoms with van der Waals surface area (Å²) in [6.45, 7) is 3.11. The van der Waals surface area contributed by atoms with Crippen molar-refractivity contribution in [3.63, 3.8) is 0 Å². The third kappa shape index (κ3) is 3.70. The van der Waals surface area contributed by atoms with E-state index in [-0.39, 0.29) is 0 Å². The number of ether oxygens (including phenoxy) is 4. The second kappa shape index (κ2) is 9.05. The maximum absolute atomic E-state index is 5.50. The summed E-state index contributed by atoms with van der Waals surface area (Å²) < 4.78 is 21.8. The lowest BCUT2D eigenvalue weighted by Crippen LogP contribution is -2.47. The molecule has 34 heavy (non-hydrogen) atoms. The Morgan fingerprint density at radius 2 is 0.882 bits per heavy atom. The molecule has 2 aromatic heterocycles. The summed E-state index contributed by atoms with van der Waals surface area (Å²) in [5, 5.41) is 1.86. The van der Waals surface area contributed by atoms with E-state index in [9.17, 15) is 0 Å². The highest BCUT2D eigenvalue weighted by atomic mass is 16.5. The molecular weight excluding hydrogens is 436 g/mol. The second-order valence-corrected chi connectivity index (χ2v) is 7.82. The Morgan fingerprint density at radius 1 is 0.529 bits per heavy atom. The van der Waals surface area contributed by atoms with E-state index in [0.29, 0.717) is 23.0 Å². The van der Waals surface area contributed by atoms with Crippen molar-refractivity contribution in [2.45, 2.75) is 0 Å². The molecular formula is C24H26N6O4. The van der Waals surface area contributed by atoms with Crippen LogP contribution in [0.2, 0.25) is 0 Å². The minimum atomic E-state index is 0.646. The van der Waals surface area contributed by atoms with Crippen molar-refractivity contribution in [1.29, 1.82) is 0 Å². The average molecular weight is 463 g/mol. The largest absolute Gasteiger partial charge is 0.493 e. The number of methoxy groups -OCH3 is 4. The molecule has 4 aromatic rings. The zero-order chi connectivity index (χ0) is 23.7. The Kier molecular flexibility index (Phi) is 5.79. The first-order valence-corrected chi connectivity index (χ1v) is 10.9. The Balaban J connectivity index is 1.44. The number of anilines is 2. The number of aromatic nitrogens is 4. The highest BCUT2D eigenvalue weighted by Gasteiger charge is 2.24. The van der Waals surface area contributed by atoms with Gasteiger partial charge in [0.25, 0.3) is 0 Å². The SMILES string of the molecule is COc1cc2ncnc(N3CCN(c4ncnc5cc(OC)c(OC)cc45)CC3)c2cc1OC. The third-order valence-electron chi connectivity index (χ3n) is 6.12. The van der Waals surface area contributed by atoms with Crippen LogP contribution in [-0.4, -0.2) is 74.6 Å². The van der Waals surface area contributed by atoms with Crippen LogP contribution in [0.15, 0.2) is 36.9 Å². The van der Waals surface area contributed by atoms with Gasteiger partial charge in [0.15, 0.2) is 23.0 Å². The van der Waals surface area contributed by atoms with Crippen molar-refractivity contribution >= 4 is 33.4 Å². The van der Waals surface area contributed by atoms with E-state index >= 15 is 0 Å². The van der Waals surface area contributed by atoms with Gasteiger partial charge in [-0.15, -0.1) is 0 Å². The molecule has 0 unspecified atom stereocenters. The van der Waals surface area contributed by atoms with E-state index in [1.165, 1.54) is 0 Å². The topological polar surface area (TPSA) is 95.0 Å². The van der Waals surface area contributed by atoms with Crippen LogP contribution in [0.3, 0.4) is 0 Å². The van der Waals surface area contributed by atoms with Crippen molar-refractivity contribution in [3.05, 3.63) is 36.9 Å². The maximum Gasteiger partial charge on any atom is 0.162 e. The Hall–Kier alpha value is -4.08. The standard InChI is InChI=1S/C24H26N6O4/c1-31-19-9-15-17(11-21(19)33-3)25-13-27-23(15)29-5-7-30(8-6-29)24-16-10-20(32-2)22(34-4)12-18(16)26-14-28-24/h9-14H,5-8H2,1-4H3. The van der Waals surface area contributed by atoms with E-state index < -0.39 is 0 Å². The molecule has 0 radical (unpaired) electrons. The normalized spacial score (nSPS) is 13.9. The summed E-state index contributed by atoms with van der Waals surface area (Å²) in [5.41, 5.74) is 1.63. The van der Waals surface area contributed by atoms with Gasteiger partial charge >= 0.3 is 0 Å². The summed E-state index contributed by atoms with van der Waals surface area (Å²) >= 11 is 0. The minimum absolute atomic E-state index is 0.646. The molecule has 10 heteroatoms. The molecule has 0 aliphatic carbocycles. The zero-order valence-corrected chi connectivity index (χ0v) is 19.6. The van der Waals surface area contributed by atoms with Gasteiger partial charge in [-0.1, -0.05) is 0 Å². The molecule has 5 rings (SSSR count). The molecule has 10 nitrogen and oxygen atoms in total. The van der Waals surface area contributed by atoms with Crippen LogP contribution < -0.4 is 28.7 Å². The van der Waals surface area contributed by atoms with Gasteiger partial charge in [0, 0.05) is 49.1 Å². The molecule has 0 bridgehead atoms. The Bertz CT molecular complexity index is 1240. The van der Waals surface area contributed by atoms with Gasteiger partial charge in [-0.3, -0.25) is 0 Å². The number of nitrogens with zero attached hydrogens (tertiary/aromatic N) is 6. The molecule has 0 atom stereocenters. The van der Waals surface area contributed by atoms with Gasteiger partial charge in [0.05, 0.1) is 39.5 Å². The predicted molar refractivity (Wildman–Crippen MR) is 130 cm³/mol. The number of benzene rings is 2. The monoisotopic (exact) mass is 462 g/mol. The maximum atomic E-state index is 5.50. The number of hydrogen-bond donors (Lipinski definition) is 0. The number of rotatable bonds is 6. The van der Waals surface area contributed by atoms with E-state index in [1.807, 2.05) is 24.3 Å². The molecule has 3 heterocycles. The van der Waals surface area contributed by atoms with Crippen LogP contribution >= 0.6 is 0 Å². The first kappa shape index (κ1) is 21.7. The predicted octanol–water partition coefficient (Wildman–Crippen LogP) is 2.93. The van der Waals surface area contributed by atoms with Crippen molar-refractivity contribution in [2.24, 2.45) is 0 Å². The first-order valence-electron chi connectivity index (χ1n) is 10.9. The van der Waals surface area contributed by atoms with E-state index in [0.717, 1.165) is 59.6 Å². The van der Waals surface area contributed by atoms with Crippen LogP contribution in [0.1, 0.15) is 0 Å². The van der Waals surface area contributed by atoms with Crippen LogP contribution in [0.25, 0.3) is 21.8 Å². The molecule has 2 aromatic carbocycles. The fourth-order valence-electron chi connectivity index (χ4n) is 4.37. The lowest BCUT2D eigenvalue weighted by Gasteiger charge is -2.36. The molecule has 0 amide bonds. The highest BCUT2D eigenvalue weighted by Crippen LogP contribution is 2.37. The Morgan fingerprint density at radius 3 is 1.24 bits per heavy atom. The molecule has 0 saturated carbocycles. The number of fused-ring (bicyclic) bond motifs is 2. The molecule has 1 fully saturated rings. The van der Waals surface area contributed by atoms with E-state index in [4.69, 9.17) is 18.9 Å². The van der Waals surface area contributed by atoms with Crippen molar-refractivity contribution < 1.29 is 18.9 Å². The van der Waals surface area contributed by atoms with E-state index in [1.54, 1.807) is 41.1 Å². The molecule has 1 aliphatic heterocycles. The van der Waals surface area contributed by atoms with Gasteiger partial charge in [0.2, 0.25) is 0 Å². The highest BCUT2D eigenvalue weighted by molar-refractivity contribution is 5.93. The molecule has 1 saturated heterocycles. The quantitative estimate of drug-likeness (QED) is 0.426. The number of hydrogen-bond acceptors (Lipinski definition) is 10. The Labute approximate surface area is 197 Å². The third-order valence-corrected chi connectivity index (χ3v) is 6.12. The first-order chi connectivity index (χ1) is 16.7. The van der Waals surface area contributed by atoms with Crippen LogP contribution in [0, 0.1) is 0 Å². The van der Waals surface area contributed by atoms with Gasteiger partial charge in [-0.05, 0) is 12.1 Å². The minimum Gasteiger partial charge on any atom is -0.493 e. The van der Waals surface area contributed by atoms with Gasteiger partial charge in [-0.2, -0.15) is 0 Å². The fourth-order valence-corrected chi connectivity index (χ4v) is 4.37. The van der Waals surface area contributed by atoms with Crippen LogP contribution in [-0.2, 0) is 0 Å². The summed E-state index contributed by atoms with van der Waals surface area (Å²) in [5.74, 6) is 4.36. The van der Waals surface area contributed by atoms with Gasteiger partial charge < -0.3 is 28.7 Å². The van der Waals surface area contributed by atoms with Crippen LogP contribution in [0.5, 0.6) is 23.0 Å². The van der Waals surface area contributed by atoms with Crippen molar-refractivity contribution in [1.82, 2.24) is 19.9 Å². The lowest BCUT2D eigenvalue weighted by molar-refractivity contribution is 0.355. The number of piperazine rings is 1. The lowest BCUT2D eigenvalue weighted by atomic mass is 10.1. The van der Waals surface area contributed by atoms with Crippen molar-refractivity contribution in [3.8, 4) is 23.0 Å². The molecule has 0 N–H and O–H groups in total. The molecule has 176 valence electrons. The van der Waals surface area contributed by atoms with Crippen molar-refractivity contribution in [2.75, 3.05) is 64.4 Å². The average Bonchev–Trinajstić information content (AvgIpc) is 2.90. The van der Waals surface area contributed by atoms with Gasteiger partial charge in [0.1, 0.15) is 24.3 Å². The molecule has 1 aliphatic rings. The smallest absolute Gasteiger partial charge is 0.162 e.